The first-order valence-electron chi connectivity index (χ1n) is 4.57. The van der Waals surface area contributed by atoms with Gasteiger partial charge in [-0.05, 0) is 51.2 Å². The molecule has 72 valence electrons. The number of hydrogen-bond donors (Lipinski definition) is 0. The topological polar surface area (TPSA) is 3.24 Å². The van der Waals surface area contributed by atoms with Gasteiger partial charge in [-0.3, -0.25) is 0 Å². The van der Waals surface area contributed by atoms with E-state index in [1.807, 2.05) is 20.2 Å². The van der Waals surface area contributed by atoms with Crippen molar-refractivity contribution in [1.29, 1.82) is 0 Å². The number of halogens is 1. The molecule has 0 aliphatic heterocycles. The van der Waals surface area contributed by atoms with E-state index in [2.05, 4.69) is 4.90 Å². The quantitative estimate of drug-likeness (QED) is 0.689. The summed E-state index contributed by atoms with van der Waals surface area (Å²) in [5.41, 5.74) is 1.09. The molecule has 0 spiro atoms. The van der Waals surface area contributed by atoms with Crippen LogP contribution < -0.4 is 0 Å². The Hall–Kier alpha value is -0.890. The summed E-state index contributed by atoms with van der Waals surface area (Å²) in [5.74, 6) is -0.137. The van der Waals surface area contributed by atoms with Crippen LogP contribution in [0.1, 0.15) is 12.0 Å². The smallest absolute Gasteiger partial charge is 0.123 e. The largest absolute Gasteiger partial charge is 0.309 e. The monoisotopic (exact) mass is 181 g/mol. The minimum Gasteiger partial charge on any atom is -0.309 e. The summed E-state index contributed by atoms with van der Waals surface area (Å²) in [6, 6.07) is 6.82. The zero-order valence-electron chi connectivity index (χ0n) is 8.26. The van der Waals surface area contributed by atoms with Crippen LogP contribution in [0.5, 0.6) is 0 Å². The second-order valence-electron chi connectivity index (χ2n) is 3.54. The molecule has 0 amide bonds. The van der Waals surface area contributed by atoms with E-state index in [9.17, 15) is 4.39 Å². The highest BCUT2D eigenvalue weighted by Crippen LogP contribution is 2.05. The van der Waals surface area contributed by atoms with Gasteiger partial charge in [0.05, 0.1) is 0 Å². The van der Waals surface area contributed by atoms with Gasteiger partial charge < -0.3 is 4.90 Å². The van der Waals surface area contributed by atoms with Gasteiger partial charge in [0.25, 0.3) is 0 Å². The van der Waals surface area contributed by atoms with Crippen molar-refractivity contribution in [3.05, 3.63) is 35.6 Å². The normalized spacial score (nSPS) is 10.8. The number of nitrogens with zero attached hydrogens (tertiary/aromatic N) is 1. The van der Waals surface area contributed by atoms with Gasteiger partial charge in [-0.25, -0.2) is 4.39 Å². The SMILES string of the molecule is CN(C)CCCc1cccc(F)c1. The molecular weight excluding hydrogens is 165 g/mol. The molecule has 0 radical (unpaired) electrons. The Labute approximate surface area is 79.2 Å². The fourth-order valence-corrected chi connectivity index (χ4v) is 1.29. The number of rotatable bonds is 4. The average Bonchev–Trinajstić information content (AvgIpc) is 2.03. The molecular formula is C11H16FN. The van der Waals surface area contributed by atoms with Crippen LogP contribution in [0.15, 0.2) is 24.3 Å². The van der Waals surface area contributed by atoms with Crippen LogP contribution in [0.4, 0.5) is 4.39 Å². The third-order valence-corrected chi connectivity index (χ3v) is 1.96. The van der Waals surface area contributed by atoms with Gasteiger partial charge in [0.15, 0.2) is 0 Å². The molecule has 0 saturated heterocycles. The highest BCUT2D eigenvalue weighted by molar-refractivity contribution is 5.16. The van der Waals surface area contributed by atoms with Crippen LogP contribution in [0.2, 0.25) is 0 Å². The third kappa shape index (κ3) is 4.04. The fraction of sp³-hybridized carbons (Fsp3) is 0.455. The van der Waals surface area contributed by atoms with Crippen LogP contribution in [0.25, 0.3) is 0 Å². The van der Waals surface area contributed by atoms with Gasteiger partial charge in [0, 0.05) is 0 Å². The molecule has 0 fully saturated rings. The van der Waals surface area contributed by atoms with Crippen molar-refractivity contribution in [1.82, 2.24) is 4.90 Å². The van der Waals surface area contributed by atoms with Crippen molar-refractivity contribution in [2.75, 3.05) is 20.6 Å². The molecule has 1 aromatic carbocycles. The third-order valence-electron chi connectivity index (χ3n) is 1.96. The minimum atomic E-state index is -0.137. The number of benzene rings is 1. The van der Waals surface area contributed by atoms with Crippen molar-refractivity contribution < 1.29 is 4.39 Å². The Kier molecular flexibility index (Phi) is 3.90. The molecule has 13 heavy (non-hydrogen) atoms. The van der Waals surface area contributed by atoms with Crippen molar-refractivity contribution in [2.24, 2.45) is 0 Å². The molecule has 0 aromatic heterocycles. The van der Waals surface area contributed by atoms with E-state index in [1.165, 1.54) is 6.07 Å². The standard InChI is InChI=1S/C11H16FN/c1-13(2)8-4-6-10-5-3-7-11(12)9-10/h3,5,7,9H,4,6,8H2,1-2H3. The van der Waals surface area contributed by atoms with Crippen LogP contribution >= 0.6 is 0 Å². The molecule has 0 saturated carbocycles. The first kappa shape index (κ1) is 10.2. The predicted molar refractivity (Wildman–Crippen MR) is 53.3 cm³/mol. The molecule has 0 aliphatic carbocycles. The Morgan fingerprint density at radius 2 is 2.08 bits per heavy atom. The zero-order valence-corrected chi connectivity index (χ0v) is 8.26. The summed E-state index contributed by atoms with van der Waals surface area (Å²) in [4.78, 5) is 2.14. The molecule has 2 heteroatoms. The van der Waals surface area contributed by atoms with E-state index >= 15 is 0 Å². The van der Waals surface area contributed by atoms with E-state index < -0.39 is 0 Å². The summed E-state index contributed by atoms with van der Waals surface area (Å²) in [7, 11) is 4.09. The second kappa shape index (κ2) is 4.97. The summed E-state index contributed by atoms with van der Waals surface area (Å²) in [6.45, 7) is 1.05. The highest BCUT2D eigenvalue weighted by atomic mass is 19.1. The lowest BCUT2D eigenvalue weighted by Crippen LogP contribution is -2.13. The highest BCUT2D eigenvalue weighted by Gasteiger charge is 1.95. The summed E-state index contributed by atoms with van der Waals surface area (Å²) in [6.07, 6.45) is 2.03. The van der Waals surface area contributed by atoms with Crippen molar-refractivity contribution in [3.8, 4) is 0 Å². The van der Waals surface area contributed by atoms with Gasteiger partial charge >= 0.3 is 0 Å². The van der Waals surface area contributed by atoms with E-state index in [0.29, 0.717) is 0 Å². The van der Waals surface area contributed by atoms with E-state index in [0.717, 1.165) is 24.9 Å². The maximum absolute atomic E-state index is 12.7. The van der Waals surface area contributed by atoms with Crippen LogP contribution in [-0.2, 0) is 6.42 Å². The molecule has 1 nitrogen and oxygen atoms in total. The summed E-state index contributed by atoms with van der Waals surface area (Å²) >= 11 is 0. The summed E-state index contributed by atoms with van der Waals surface area (Å²) in [5, 5.41) is 0. The van der Waals surface area contributed by atoms with Crippen molar-refractivity contribution >= 4 is 0 Å². The molecule has 0 atom stereocenters. The molecule has 0 unspecified atom stereocenters. The van der Waals surface area contributed by atoms with Gasteiger partial charge in [0.1, 0.15) is 5.82 Å². The zero-order chi connectivity index (χ0) is 9.68. The van der Waals surface area contributed by atoms with Crippen LogP contribution in [0, 0.1) is 5.82 Å². The Morgan fingerprint density at radius 3 is 2.69 bits per heavy atom. The minimum absolute atomic E-state index is 0.137. The Balaban J connectivity index is 2.37. The van der Waals surface area contributed by atoms with E-state index in [-0.39, 0.29) is 5.82 Å². The van der Waals surface area contributed by atoms with Crippen LogP contribution in [-0.4, -0.2) is 25.5 Å². The van der Waals surface area contributed by atoms with Crippen molar-refractivity contribution in [3.63, 3.8) is 0 Å². The first-order chi connectivity index (χ1) is 6.18. The molecule has 0 N–H and O–H groups in total. The number of aryl methyl sites for hydroxylation is 1. The molecule has 0 heterocycles. The van der Waals surface area contributed by atoms with Gasteiger partial charge in [-0.1, -0.05) is 12.1 Å². The van der Waals surface area contributed by atoms with Crippen molar-refractivity contribution in [2.45, 2.75) is 12.8 Å². The molecule has 0 bridgehead atoms. The Bertz CT molecular complexity index is 258. The van der Waals surface area contributed by atoms with Gasteiger partial charge in [0.2, 0.25) is 0 Å². The lowest BCUT2D eigenvalue weighted by Gasteiger charge is -2.08. The number of hydrogen-bond acceptors (Lipinski definition) is 1. The second-order valence-corrected chi connectivity index (χ2v) is 3.54. The molecule has 1 rings (SSSR count). The lowest BCUT2D eigenvalue weighted by atomic mass is 10.1. The molecule has 0 aliphatic rings. The summed E-state index contributed by atoms with van der Waals surface area (Å²) < 4.78 is 12.7. The first-order valence-corrected chi connectivity index (χ1v) is 4.57. The Morgan fingerprint density at radius 1 is 1.31 bits per heavy atom. The maximum atomic E-state index is 12.7. The fourth-order valence-electron chi connectivity index (χ4n) is 1.29. The molecule has 1 aromatic rings. The predicted octanol–water partition coefficient (Wildman–Crippen LogP) is 2.32. The van der Waals surface area contributed by atoms with Gasteiger partial charge in [-0.15, -0.1) is 0 Å². The lowest BCUT2D eigenvalue weighted by molar-refractivity contribution is 0.400. The average molecular weight is 181 g/mol. The van der Waals surface area contributed by atoms with E-state index in [1.54, 1.807) is 12.1 Å². The van der Waals surface area contributed by atoms with Gasteiger partial charge in [-0.2, -0.15) is 0 Å². The maximum Gasteiger partial charge on any atom is 0.123 e. The van der Waals surface area contributed by atoms with E-state index in [4.69, 9.17) is 0 Å². The van der Waals surface area contributed by atoms with Crippen LogP contribution in [0.3, 0.4) is 0 Å².